The summed E-state index contributed by atoms with van der Waals surface area (Å²) in [4.78, 5) is 0. The summed E-state index contributed by atoms with van der Waals surface area (Å²) in [7, 11) is 0. The van der Waals surface area contributed by atoms with E-state index in [1.165, 1.54) is 31.7 Å². The minimum Gasteiger partial charge on any atom is -0.409 e. The van der Waals surface area contributed by atoms with Gasteiger partial charge in [-0.25, -0.2) is 4.39 Å². The van der Waals surface area contributed by atoms with E-state index >= 15 is 0 Å². The Morgan fingerprint density at radius 2 is 1.95 bits per heavy atom. The van der Waals surface area contributed by atoms with Gasteiger partial charge in [-0.2, -0.15) is 0 Å². The summed E-state index contributed by atoms with van der Waals surface area (Å²) in [6.45, 7) is 3.02. The molecule has 0 aliphatic carbocycles. The Hall–Kier alpha value is -1.62. The fourth-order valence-electron chi connectivity index (χ4n) is 2.11. The fraction of sp³-hybridized carbons (Fsp3) is 0.562. The van der Waals surface area contributed by atoms with Crippen LogP contribution in [0.15, 0.2) is 23.4 Å². The normalized spacial score (nSPS) is 11.8. The minimum absolute atomic E-state index is 0.0955. The molecule has 0 radical (unpaired) electrons. The van der Waals surface area contributed by atoms with Crippen LogP contribution in [0.2, 0.25) is 0 Å². The Labute approximate surface area is 125 Å². The predicted molar refractivity (Wildman–Crippen MR) is 81.9 cm³/mol. The van der Waals surface area contributed by atoms with Gasteiger partial charge in [0.15, 0.2) is 5.84 Å². The van der Waals surface area contributed by atoms with E-state index in [9.17, 15) is 4.39 Å². The molecule has 118 valence electrons. The summed E-state index contributed by atoms with van der Waals surface area (Å²) in [5.41, 5.74) is 5.93. The van der Waals surface area contributed by atoms with E-state index in [-0.39, 0.29) is 18.0 Å². The van der Waals surface area contributed by atoms with Crippen molar-refractivity contribution >= 4 is 5.84 Å². The molecule has 0 spiro atoms. The van der Waals surface area contributed by atoms with E-state index in [1.807, 2.05) is 0 Å². The highest BCUT2D eigenvalue weighted by atomic mass is 19.1. The number of nitrogens with two attached hydrogens (primary N) is 1. The molecule has 0 saturated carbocycles. The molecule has 0 unspecified atom stereocenters. The van der Waals surface area contributed by atoms with E-state index in [0.717, 1.165) is 12.8 Å². The Morgan fingerprint density at radius 1 is 1.24 bits per heavy atom. The fourth-order valence-corrected chi connectivity index (χ4v) is 2.11. The largest absolute Gasteiger partial charge is 0.409 e. The second-order valence-corrected chi connectivity index (χ2v) is 5.08. The van der Waals surface area contributed by atoms with Gasteiger partial charge in [-0.15, -0.1) is 0 Å². The maximum Gasteiger partial charge on any atom is 0.173 e. The van der Waals surface area contributed by atoms with E-state index < -0.39 is 5.82 Å². The molecule has 3 N–H and O–H groups in total. The summed E-state index contributed by atoms with van der Waals surface area (Å²) in [5, 5.41) is 11.4. The standard InChI is InChI=1S/C16H25FN2O2/c1-2-3-4-5-6-7-11-21-12-13-9-8-10-14(15(13)17)16(18)19-20/h8-10,20H,2-7,11-12H2,1H3,(H2,18,19). The zero-order valence-electron chi connectivity index (χ0n) is 12.6. The Bertz CT molecular complexity index is 450. The van der Waals surface area contributed by atoms with Crippen LogP contribution in [0.5, 0.6) is 0 Å². The summed E-state index contributed by atoms with van der Waals surface area (Å²) in [6.07, 6.45) is 7.16. The molecule has 0 amide bonds. The summed E-state index contributed by atoms with van der Waals surface area (Å²) in [6, 6.07) is 4.78. The topological polar surface area (TPSA) is 67.8 Å². The zero-order valence-corrected chi connectivity index (χ0v) is 12.6. The molecule has 0 heterocycles. The number of halogens is 1. The number of ether oxygens (including phenoxy) is 1. The van der Waals surface area contributed by atoms with Crippen LogP contribution in [0, 0.1) is 5.82 Å². The molecule has 5 heteroatoms. The lowest BCUT2D eigenvalue weighted by Crippen LogP contribution is -2.16. The average molecular weight is 296 g/mol. The van der Waals surface area contributed by atoms with Crippen LogP contribution < -0.4 is 5.73 Å². The van der Waals surface area contributed by atoms with Gasteiger partial charge in [0, 0.05) is 12.2 Å². The smallest absolute Gasteiger partial charge is 0.173 e. The lowest BCUT2D eigenvalue weighted by atomic mass is 10.1. The van der Waals surface area contributed by atoms with Gasteiger partial charge in [0.2, 0.25) is 0 Å². The van der Waals surface area contributed by atoms with Crippen molar-refractivity contribution < 1.29 is 14.3 Å². The van der Waals surface area contributed by atoms with Crippen molar-refractivity contribution in [3.63, 3.8) is 0 Å². The molecule has 1 rings (SSSR count). The number of benzene rings is 1. The zero-order chi connectivity index (χ0) is 15.5. The first kappa shape index (κ1) is 17.4. The number of hydrogen-bond donors (Lipinski definition) is 2. The Kier molecular flexibility index (Phi) is 8.43. The lowest BCUT2D eigenvalue weighted by Gasteiger charge is -2.08. The summed E-state index contributed by atoms with van der Waals surface area (Å²) >= 11 is 0. The van der Waals surface area contributed by atoms with Crippen molar-refractivity contribution in [2.75, 3.05) is 6.61 Å². The van der Waals surface area contributed by atoms with Crippen LogP contribution in [0.4, 0.5) is 4.39 Å². The molecule has 21 heavy (non-hydrogen) atoms. The van der Waals surface area contributed by atoms with E-state index in [0.29, 0.717) is 12.2 Å². The highest BCUT2D eigenvalue weighted by Gasteiger charge is 2.11. The number of hydrogen-bond acceptors (Lipinski definition) is 3. The van der Waals surface area contributed by atoms with Crippen molar-refractivity contribution in [3.05, 3.63) is 35.1 Å². The third-order valence-corrected chi connectivity index (χ3v) is 3.36. The van der Waals surface area contributed by atoms with Gasteiger partial charge < -0.3 is 15.7 Å². The van der Waals surface area contributed by atoms with Crippen LogP contribution in [0.25, 0.3) is 0 Å². The van der Waals surface area contributed by atoms with Gasteiger partial charge in [0.25, 0.3) is 0 Å². The maximum absolute atomic E-state index is 14.1. The molecule has 0 aliphatic rings. The third kappa shape index (κ3) is 6.12. The lowest BCUT2D eigenvalue weighted by molar-refractivity contribution is 0.114. The number of unbranched alkanes of at least 4 members (excludes halogenated alkanes) is 5. The molecular weight excluding hydrogens is 271 g/mol. The van der Waals surface area contributed by atoms with Gasteiger partial charge in [0.05, 0.1) is 12.2 Å². The van der Waals surface area contributed by atoms with Crippen LogP contribution in [-0.4, -0.2) is 17.6 Å². The molecule has 0 bridgehead atoms. The first-order valence-electron chi connectivity index (χ1n) is 7.53. The number of oxime groups is 1. The van der Waals surface area contributed by atoms with Gasteiger partial charge in [-0.1, -0.05) is 56.3 Å². The monoisotopic (exact) mass is 296 g/mol. The quantitative estimate of drug-likeness (QED) is 0.227. The van der Waals surface area contributed by atoms with Crippen molar-refractivity contribution in [1.29, 1.82) is 0 Å². The van der Waals surface area contributed by atoms with Crippen LogP contribution in [0.3, 0.4) is 0 Å². The van der Waals surface area contributed by atoms with Crippen molar-refractivity contribution in [1.82, 2.24) is 0 Å². The average Bonchev–Trinajstić information content (AvgIpc) is 2.50. The summed E-state index contributed by atoms with van der Waals surface area (Å²) < 4.78 is 19.6. The van der Waals surface area contributed by atoms with E-state index in [2.05, 4.69) is 12.1 Å². The Balaban J connectivity index is 2.33. The number of amidine groups is 1. The molecule has 0 saturated heterocycles. The molecule has 4 nitrogen and oxygen atoms in total. The molecular formula is C16H25FN2O2. The molecule has 0 aliphatic heterocycles. The molecule has 1 aromatic carbocycles. The van der Waals surface area contributed by atoms with Crippen molar-refractivity contribution in [2.24, 2.45) is 10.9 Å². The SMILES string of the molecule is CCCCCCCCOCc1cccc(/C(N)=N/O)c1F. The van der Waals surface area contributed by atoms with Crippen molar-refractivity contribution in [2.45, 2.75) is 52.1 Å². The molecule has 0 fully saturated rings. The van der Waals surface area contributed by atoms with Crippen molar-refractivity contribution in [3.8, 4) is 0 Å². The van der Waals surface area contributed by atoms with Gasteiger partial charge >= 0.3 is 0 Å². The first-order valence-corrected chi connectivity index (χ1v) is 7.53. The number of rotatable bonds is 10. The van der Waals surface area contributed by atoms with Gasteiger partial charge in [-0.3, -0.25) is 0 Å². The second-order valence-electron chi connectivity index (χ2n) is 5.08. The summed E-state index contributed by atoms with van der Waals surface area (Å²) in [5.74, 6) is -0.721. The van der Waals surface area contributed by atoms with Crippen LogP contribution in [-0.2, 0) is 11.3 Å². The molecule has 0 atom stereocenters. The third-order valence-electron chi connectivity index (χ3n) is 3.36. The number of nitrogens with zero attached hydrogens (tertiary/aromatic N) is 1. The van der Waals surface area contributed by atoms with E-state index in [1.54, 1.807) is 12.1 Å². The molecule has 0 aromatic heterocycles. The second kappa shape index (κ2) is 10.2. The van der Waals surface area contributed by atoms with Gasteiger partial charge in [-0.05, 0) is 12.5 Å². The van der Waals surface area contributed by atoms with Crippen LogP contribution >= 0.6 is 0 Å². The molecule has 1 aromatic rings. The highest BCUT2D eigenvalue weighted by molar-refractivity contribution is 5.97. The maximum atomic E-state index is 14.1. The predicted octanol–water partition coefficient (Wildman–Crippen LogP) is 3.80. The van der Waals surface area contributed by atoms with E-state index in [4.69, 9.17) is 15.7 Å². The minimum atomic E-state index is -0.490. The van der Waals surface area contributed by atoms with Gasteiger partial charge in [0.1, 0.15) is 5.82 Å². The van der Waals surface area contributed by atoms with Crippen LogP contribution in [0.1, 0.15) is 56.6 Å². The Morgan fingerprint density at radius 3 is 2.67 bits per heavy atom. The highest BCUT2D eigenvalue weighted by Crippen LogP contribution is 2.14. The first-order chi connectivity index (χ1) is 10.2.